The van der Waals surface area contributed by atoms with Crippen molar-refractivity contribution < 1.29 is 12.8 Å². The van der Waals surface area contributed by atoms with E-state index < -0.39 is 15.1 Å². The molecule has 1 N–H and O–H groups in total. The van der Waals surface area contributed by atoms with Crippen LogP contribution in [0.25, 0.3) is 0 Å². The van der Waals surface area contributed by atoms with Crippen LogP contribution in [0.2, 0.25) is 0 Å². The molecule has 1 aliphatic carbocycles. The maximum atomic E-state index is 13.2. The third kappa shape index (κ3) is 1.77. The fourth-order valence-corrected chi connectivity index (χ4v) is 5.28. The number of hydrogen-bond donors (Lipinski definition) is 1. The molecule has 18 heavy (non-hydrogen) atoms. The zero-order chi connectivity index (χ0) is 12.9. The minimum atomic E-state index is -3.09. The highest BCUT2D eigenvalue weighted by atomic mass is 32.2. The van der Waals surface area contributed by atoms with Crippen LogP contribution in [0.1, 0.15) is 30.5 Å². The highest BCUT2D eigenvalue weighted by Gasteiger charge is 2.45. The Bertz CT molecular complexity index is 585. The van der Waals surface area contributed by atoms with E-state index in [4.69, 9.17) is 0 Å². The van der Waals surface area contributed by atoms with Gasteiger partial charge in [0.1, 0.15) is 5.82 Å². The molecule has 3 atom stereocenters. The largest absolute Gasteiger partial charge is 0.305 e. The summed E-state index contributed by atoms with van der Waals surface area (Å²) >= 11 is 0. The van der Waals surface area contributed by atoms with Crippen LogP contribution in [0.4, 0.5) is 4.39 Å². The van der Waals surface area contributed by atoms with Gasteiger partial charge in [-0.25, -0.2) is 12.8 Å². The highest BCUT2D eigenvalue weighted by Crippen LogP contribution is 2.39. The van der Waals surface area contributed by atoms with Crippen molar-refractivity contribution in [3.8, 4) is 0 Å². The Balaban J connectivity index is 2.05. The predicted octanol–water partition coefficient (Wildman–Crippen LogP) is 1.59. The number of halogens is 1. The van der Waals surface area contributed by atoms with E-state index in [1.165, 1.54) is 12.1 Å². The van der Waals surface area contributed by atoms with Crippen LogP contribution in [-0.4, -0.2) is 25.5 Å². The number of nitrogens with one attached hydrogen (secondary N) is 1. The summed E-state index contributed by atoms with van der Waals surface area (Å²) in [6.45, 7) is 1.98. The number of benzene rings is 1. The Kier molecular flexibility index (Phi) is 2.71. The van der Waals surface area contributed by atoms with Gasteiger partial charge in [0.2, 0.25) is 0 Å². The summed E-state index contributed by atoms with van der Waals surface area (Å²) in [7, 11) is -3.09. The fraction of sp³-hybridized carbons (Fsp3) is 0.538. The van der Waals surface area contributed by atoms with Gasteiger partial charge in [-0.3, -0.25) is 0 Å². The van der Waals surface area contributed by atoms with Crippen LogP contribution in [0, 0.1) is 5.82 Å². The van der Waals surface area contributed by atoms with Crippen molar-refractivity contribution in [1.29, 1.82) is 0 Å². The van der Waals surface area contributed by atoms with Gasteiger partial charge < -0.3 is 5.32 Å². The number of sulfone groups is 1. The minimum absolute atomic E-state index is 0.00672. The molecular weight excluding hydrogens is 253 g/mol. The Morgan fingerprint density at radius 2 is 2.22 bits per heavy atom. The lowest BCUT2D eigenvalue weighted by atomic mass is 10.1. The lowest BCUT2D eigenvalue weighted by molar-refractivity contribution is 0.410. The molecule has 1 aromatic carbocycles. The quantitative estimate of drug-likeness (QED) is 0.842. The van der Waals surface area contributed by atoms with Crippen molar-refractivity contribution in [1.82, 2.24) is 5.32 Å². The Morgan fingerprint density at radius 1 is 1.44 bits per heavy atom. The van der Waals surface area contributed by atoms with Gasteiger partial charge in [0, 0.05) is 12.1 Å². The zero-order valence-electron chi connectivity index (χ0n) is 10.2. The van der Waals surface area contributed by atoms with Gasteiger partial charge >= 0.3 is 0 Å². The summed E-state index contributed by atoms with van der Waals surface area (Å²) in [4.78, 5) is 0. The fourth-order valence-electron chi connectivity index (χ4n) is 3.06. The topological polar surface area (TPSA) is 46.2 Å². The van der Waals surface area contributed by atoms with Crippen LogP contribution in [0.15, 0.2) is 18.2 Å². The summed E-state index contributed by atoms with van der Waals surface area (Å²) in [5.41, 5.74) is 1.78. The van der Waals surface area contributed by atoms with E-state index in [2.05, 4.69) is 5.32 Å². The maximum Gasteiger partial charge on any atom is 0.156 e. The van der Waals surface area contributed by atoms with E-state index in [-0.39, 0.29) is 23.7 Å². The molecule has 3 rings (SSSR count). The summed E-state index contributed by atoms with van der Waals surface area (Å²) < 4.78 is 37.7. The molecule has 3 nitrogen and oxygen atoms in total. The van der Waals surface area contributed by atoms with Crippen LogP contribution >= 0.6 is 0 Å². The minimum Gasteiger partial charge on any atom is -0.305 e. The summed E-state index contributed by atoms with van der Waals surface area (Å²) in [6.07, 6.45) is 1.22. The molecule has 0 bridgehead atoms. The molecule has 2 aliphatic rings. The van der Waals surface area contributed by atoms with Gasteiger partial charge in [-0.15, -0.1) is 0 Å². The molecule has 0 aromatic heterocycles. The molecule has 1 aliphatic heterocycles. The first-order chi connectivity index (χ1) is 8.51. The Hall–Kier alpha value is -0.940. The van der Waals surface area contributed by atoms with Crippen LogP contribution < -0.4 is 5.32 Å². The zero-order valence-corrected chi connectivity index (χ0v) is 11.0. The van der Waals surface area contributed by atoms with Gasteiger partial charge in [0.25, 0.3) is 0 Å². The van der Waals surface area contributed by atoms with Crippen molar-refractivity contribution in [2.24, 2.45) is 0 Å². The molecule has 1 saturated heterocycles. The van der Waals surface area contributed by atoms with Crippen LogP contribution in [0.5, 0.6) is 0 Å². The van der Waals surface area contributed by atoms with Gasteiger partial charge in [-0.2, -0.15) is 0 Å². The summed E-state index contributed by atoms with van der Waals surface area (Å²) in [5.74, 6) is -0.0990. The summed E-state index contributed by atoms with van der Waals surface area (Å²) in [6, 6.07) is 4.43. The second-order valence-electron chi connectivity index (χ2n) is 5.16. The monoisotopic (exact) mass is 269 g/mol. The number of rotatable bonds is 1. The standard InChI is InChI=1S/C13H16FNO2S/c1-2-10-7-18(16,17)12-6-8-5-9(14)3-4-11(8)13(12)15-10/h3-5,10,12-13,15H,2,6-7H2,1H3. The second kappa shape index (κ2) is 4.03. The predicted molar refractivity (Wildman–Crippen MR) is 67.6 cm³/mol. The first-order valence-corrected chi connectivity index (χ1v) is 7.98. The van der Waals surface area contributed by atoms with Crippen LogP contribution in [0.3, 0.4) is 0 Å². The van der Waals surface area contributed by atoms with E-state index >= 15 is 0 Å². The number of fused-ring (bicyclic) bond motifs is 3. The molecule has 0 amide bonds. The van der Waals surface area contributed by atoms with E-state index in [1.807, 2.05) is 6.92 Å². The van der Waals surface area contributed by atoms with Crippen molar-refractivity contribution >= 4 is 9.84 Å². The van der Waals surface area contributed by atoms with Gasteiger partial charge in [0.05, 0.1) is 11.0 Å². The van der Waals surface area contributed by atoms with Crippen LogP contribution in [-0.2, 0) is 16.3 Å². The average molecular weight is 269 g/mol. The lowest BCUT2D eigenvalue weighted by Crippen LogP contribution is -2.50. The van der Waals surface area contributed by atoms with Gasteiger partial charge in [0.15, 0.2) is 9.84 Å². The Morgan fingerprint density at radius 3 is 2.94 bits per heavy atom. The molecule has 3 unspecified atom stereocenters. The lowest BCUT2D eigenvalue weighted by Gasteiger charge is -2.33. The molecule has 1 heterocycles. The van der Waals surface area contributed by atoms with E-state index in [0.717, 1.165) is 17.5 Å². The molecule has 1 aromatic rings. The molecule has 0 radical (unpaired) electrons. The molecule has 5 heteroatoms. The SMILES string of the molecule is CCC1CS(=O)(=O)C2Cc3cc(F)ccc3C2N1. The molecule has 0 spiro atoms. The number of hydrogen-bond acceptors (Lipinski definition) is 3. The van der Waals surface area contributed by atoms with E-state index in [1.54, 1.807) is 6.07 Å². The van der Waals surface area contributed by atoms with Crippen molar-refractivity contribution in [2.75, 3.05) is 5.75 Å². The third-order valence-electron chi connectivity index (χ3n) is 4.04. The average Bonchev–Trinajstić information content (AvgIpc) is 2.67. The second-order valence-corrected chi connectivity index (χ2v) is 7.43. The smallest absolute Gasteiger partial charge is 0.156 e. The van der Waals surface area contributed by atoms with E-state index in [9.17, 15) is 12.8 Å². The van der Waals surface area contributed by atoms with Crippen molar-refractivity contribution in [2.45, 2.75) is 37.1 Å². The molecule has 0 saturated carbocycles. The van der Waals surface area contributed by atoms with E-state index in [0.29, 0.717) is 6.42 Å². The Labute approximate surface area is 106 Å². The van der Waals surface area contributed by atoms with Gasteiger partial charge in [-0.05, 0) is 36.1 Å². The third-order valence-corrected chi connectivity index (χ3v) is 6.26. The van der Waals surface area contributed by atoms with Crippen molar-refractivity contribution in [3.63, 3.8) is 0 Å². The van der Waals surface area contributed by atoms with Gasteiger partial charge in [-0.1, -0.05) is 13.0 Å². The summed E-state index contributed by atoms with van der Waals surface area (Å²) in [5, 5.41) is 2.98. The maximum absolute atomic E-state index is 13.2. The molecule has 98 valence electrons. The molecule has 1 fully saturated rings. The highest BCUT2D eigenvalue weighted by molar-refractivity contribution is 7.92. The first kappa shape index (κ1) is 12.1. The molecular formula is C13H16FNO2S. The van der Waals surface area contributed by atoms with Crippen molar-refractivity contribution in [3.05, 3.63) is 35.1 Å². The first-order valence-electron chi connectivity index (χ1n) is 6.27. The normalized spacial score (nSPS) is 32.9.